The van der Waals surface area contributed by atoms with Gasteiger partial charge in [-0.2, -0.15) is 0 Å². The third kappa shape index (κ3) is 2.47. The van der Waals surface area contributed by atoms with Crippen molar-refractivity contribution in [3.05, 3.63) is 41.4 Å². The molecule has 1 aliphatic heterocycles. The zero-order valence-electron chi connectivity index (χ0n) is 9.62. The summed E-state index contributed by atoms with van der Waals surface area (Å²) in [6.07, 6.45) is 2.44. The molecular formula is C13H15N3S. The van der Waals surface area contributed by atoms with Crippen LogP contribution in [0.3, 0.4) is 0 Å². The molecule has 3 nitrogen and oxygen atoms in total. The molecule has 4 heteroatoms. The molecule has 1 saturated heterocycles. The first kappa shape index (κ1) is 10.7. The second-order valence-corrected chi connectivity index (χ2v) is 5.32. The van der Waals surface area contributed by atoms with Gasteiger partial charge in [0.05, 0.1) is 0 Å². The summed E-state index contributed by atoms with van der Waals surface area (Å²) in [5.41, 5.74) is 3.25. The molecular weight excluding hydrogens is 230 g/mol. The van der Waals surface area contributed by atoms with Crippen molar-refractivity contribution in [3.63, 3.8) is 0 Å². The Balaban J connectivity index is 1.61. The highest BCUT2D eigenvalue weighted by Gasteiger charge is 2.24. The van der Waals surface area contributed by atoms with E-state index in [1.165, 1.54) is 18.4 Å². The molecule has 0 bridgehead atoms. The smallest absolute Gasteiger partial charge is 0.208 e. The lowest BCUT2D eigenvalue weighted by Crippen LogP contribution is -2.19. The van der Waals surface area contributed by atoms with Crippen LogP contribution in [0.2, 0.25) is 0 Å². The summed E-state index contributed by atoms with van der Waals surface area (Å²) in [5, 5.41) is 9.11. The van der Waals surface area contributed by atoms with Gasteiger partial charge in [0, 0.05) is 13.1 Å². The van der Waals surface area contributed by atoms with Gasteiger partial charge in [-0.3, -0.25) is 0 Å². The fourth-order valence-corrected chi connectivity index (χ4v) is 3.02. The van der Waals surface area contributed by atoms with Gasteiger partial charge in [-0.1, -0.05) is 41.7 Å². The lowest BCUT2D eigenvalue weighted by molar-refractivity contribution is 0.586. The second-order valence-electron chi connectivity index (χ2n) is 4.51. The first-order chi connectivity index (χ1) is 8.42. The lowest BCUT2D eigenvalue weighted by Gasteiger charge is -2.14. The number of anilines is 1. The van der Waals surface area contributed by atoms with Crippen LogP contribution in [0.1, 0.15) is 12.0 Å². The third-order valence-electron chi connectivity index (χ3n) is 3.27. The molecule has 0 saturated carbocycles. The average molecular weight is 245 g/mol. The monoisotopic (exact) mass is 245 g/mol. The number of hydrogen-bond donors (Lipinski definition) is 0. The van der Waals surface area contributed by atoms with Crippen molar-refractivity contribution in [2.45, 2.75) is 12.8 Å². The molecule has 0 amide bonds. The van der Waals surface area contributed by atoms with E-state index in [4.69, 9.17) is 0 Å². The van der Waals surface area contributed by atoms with E-state index in [-0.39, 0.29) is 0 Å². The van der Waals surface area contributed by atoms with E-state index in [0.29, 0.717) is 0 Å². The maximum absolute atomic E-state index is 4.13. The largest absolute Gasteiger partial charge is 0.346 e. The van der Waals surface area contributed by atoms with Crippen molar-refractivity contribution in [1.29, 1.82) is 0 Å². The Labute approximate surface area is 105 Å². The summed E-state index contributed by atoms with van der Waals surface area (Å²) in [5.74, 6) is 0.751. The SMILES string of the molecule is c1ccc(CC2CCN(c3nncs3)C2)cc1. The van der Waals surface area contributed by atoms with Crippen LogP contribution in [-0.4, -0.2) is 23.3 Å². The molecule has 1 fully saturated rings. The number of benzene rings is 1. The topological polar surface area (TPSA) is 29.0 Å². The van der Waals surface area contributed by atoms with Crippen LogP contribution in [0.5, 0.6) is 0 Å². The molecule has 2 aromatic rings. The molecule has 2 heterocycles. The Morgan fingerprint density at radius 3 is 2.94 bits per heavy atom. The van der Waals surface area contributed by atoms with E-state index < -0.39 is 0 Å². The van der Waals surface area contributed by atoms with E-state index in [1.807, 2.05) is 0 Å². The Bertz CT molecular complexity index is 455. The fraction of sp³-hybridized carbons (Fsp3) is 0.385. The van der Waals surface area contributed by atoms with Gasteiger partial charge < -0.3 is 4.90 Å². The Kier molecular flexibility index (Phi) is 3.05. The van der Waals surface area contributed by atoms with Gasteiger partial charge >= 0.3 is 0 Å². The van der Waals surface area contributed by atoms with Crippen molar-refractivity contribution < 1.29 is 0 Å². The molecule has 1 unspecified atom stereocenters. The van der Waals surface area contributed by atoms with Gasteiger partial charge in [-0.05, 0) is 24.3 Å². The number of aromatic nitrogens is 2. The lowest BCUT2D eigenvalue weighted by atomic mass is 9.99. The first-order valence-corrected chi connectivity index (χ1v) is 6.85. The summed E-state index contributed by atoms with van der Waals surface area (Å²) in [6.45, 7) is 2.23. The molecule has 0 spiro atoms. The van der Waals surface area contributed by atoms with Crippen molar-refractivity contribution >= 4 is 16.5 Å². The van der Waals surface area contributed by atoms with Gasteiger partial charge in [-0.25, -0.2) is 0 Å². The minimum atomic E-state index is 0.751. The van der Waals surface area contributed by atoms with Gasteiger partial charge in [0.15, 0.2) is 0 Å². The summed E-state index contributed by atoms with van der Waals surface area (Å²) < 4.78 is 0. The normalized spacial score (nSPS) is 19.8. The van der Waals surface area contributed by atoms with Gasteiger partial charge in [0.2, 0.25) is 5.13 Å². The average Bonchev–Trinajstić information content (AvgIpc) is 3.00. The van der Waals surface area contributed by atoms with Crippen molar-refractivity contribution in [2.24, 2.45) is 5.92 Å². The Morgan fingerprint density at radius 1 is 1.29 bits per heavy atom. The molecule has 0 N–H and O–H groups in total. The van der Waals surface area contributed by atoms with Crippen LogP contribution in [0.15, 0.2) is 35.8 Å². The Hall–Kier alpha value is -1.42. The number of hydrogen-bond acceptors (Lipinski definition) is 4. The highest BCUT2D eigenvalue weighted by molar-refractivity contribution is 7.13. The standard InChI is InChI=1S/C13H15N3S/c1-2-4-11(5-3-1)8-12-6-7-16(9-12)13-15-14-10-17-13/h1-5,10,12H,6-9H2. The molecule has 1 aliphatic rings. The van der Waals surface area contributed by atoms with Crippen LogP contribution in [0, 0.1) is 5.92 Å². The van der Waals surface area contributed by atoms with Crippen LogP contribution in [-0.2, 0) is 6.42 Å². The molecule has 1 aromatic carbocycles. The van der Waals surface area contributed by atoms with E-state index in [0.717, 1.165) is 24.1 Å². The van der Waals surface area contributed by atoms with Crippen molar-refractivity contribution in [2.75, 3.05) is 18.0 Å². The summed E-state index contributed by atoms with van der Waals surface area (Å²) in [6, 6.07) is 10.7. The maximum atomic E-state index is 4.13. The van der Waals surface area contributed by atoms with Crippen LogP contribution >= 0.6 is 11.3 Å². The molecule has 1 aromatic heterocycles. The van der Waals surface area contributed by atoms with Gasteiger partial charge in [-0.15, -0.1) is 10.2 Å². The second kappa shape index (κ2) is 4.84. The van der Waals surface area contributed by atoms with Gasteiger partial charge in [0.1, 0.15) is 5.51 Å². The first-order valence-electron chi connectivity index (χ1n) is 5.97. The van der Waals surface area contributed by atoms with Crippen molar-refractivity contribution in [1.82, 2.24) is 10.2 Å². The highest BCUT2D eigenvalue weighted by Crippen LogP contribution is 2.26. The van der Waals surface area contributed by atoms with Crippen LogP contribution < -0.4 is 4.90 Å². The van der Waals surface area contributed by atoms with Crippen LogP contribution in [0.25, 0.3) is 0 Å². The predicted octanol–water partition coefficient (Wildman–Crippen LogP) is 2.61. The van der Waals surface area contributed by atoms with E-state index >= 15 is 0 Å². The molecule has 0 radical (unpaired) electrons. The molecule has 17 heavy (non-hydrogen) atoms. The minimum Gasteiger partial charge on any atom is -0.346 e. The molecule has 3 rings (SSSR count). The minimum absolute atomic E-state index is 0.751. The highest BCUT2D eigenvalue weighted by atomic mass is 32.1. The summed E-state index contributed by atoms with van der Waals surface area (Å²) in [7, 11) is 0. The molecule has 0 aliphatic carbocycles. The molecule has 88 valence electrons. The van der Waals surface area contributed by atoms with E-state index in [9.17, 15) is 0 Å². The summed E-state index contributed by atoms with van der Waals surface area (Å²) in [4.78, 5) is 2.35. The number of rotatable bonds is 3. The Morgan fingerprint density at radius 2 is 2.18 bits per heavy atom. The molecule has 1 atom stereocenters. The number of nitrogens with zero attached hydrogens (tertiary/aromatic N) is 3. The fourth-order valence-electron chi connectivity index (χ4n) is 2.43. The third-order valence-corrected chi connectivity index (χ3v) is 4.02. The zero-order valence-corrected chi connectivity index (χ0v) is 10.4. The summed E-state index contributed by atoms with van der Waals surface area (Å²) >= 11 is 1.63. The zero-order chi connectivity index (χ0) is 11.5. The maximum Gasteiger partial charge on any atom is 0.208 e. The predicted molar refractivity (Wildman–Crippen MR) is 70.4 cm³/mol. The van der Waals surface area contributed by atoms with Crippen LogP contribution in [0.4, 0.5) is 5.13 Å². The quantitative estimate of drug-likeness (QED) is 0.832. The van der Waals surface area contributed by atoms with E-state index in [2.05, 4.69) is 45.4 Å². The van der Waals surface area contributed by atoms with Crippen molar-refractivity contribution in [3.8, 4) is 0 Å². The van der Waals surface area contributed by atoms with Gasteiger partial charge in [0.25, 0.3) is 0 Å². The van der Waals surface area contributed by atoms with E-state index in [1.54, 1.807) is 16.8 Å².